The predicted molar refractivity (Wildman–Crippen MR) is 95.7 cm³/mol. The molecular formula is C20H20FN3O2. The van der Waals surface area contributed by atoms with Crippen LogP contribution in [0.2, 0.25) is 0 Å². The van der Waals surface area contributed by atoms with Crippen LogP contribution in [0.15, 0.2) is 53.3 Å². The van der Waals surface area contributed by atoms with E-state index in [1.54, 1.807) is 18.2 Å². The Balaban J connectivity index is 1.41. The third kappa shape index (κ3) is 3.45. The third-order valence-electron chi connectivity index (χ3n) is 5.28. The van der Waals surface area contributed by atoms with Crippen LogP contribution in [0.25, 0.3) is 11.3 Å². The summed E-state index contributed by atoms with van der Waals surface area (Å²) in [6, 6.07) is 8.81. The molecule has 6 heteroatoms. The minimum Gasteiger partial charge on any atom is -0.354 e. The van der Waals surface area contributed by atoms with E-state index >= 15 is 0 Å². The summed E-state index contributed by atoms with van der Waals surface area (Å²) >= 11 is 0. The van der Waals surface area contributed by atoms with E-state index in [-0.39, 0.29) is 23.8 Å². The molecule has 0 spiro atoms. The Kier molecular flexibility index (Phi) is 4.41. The summed E-state index contributed by atoms with van der Waals surface area (Å²) in [4.78, 5) is 24.2. The van der Waals surface area contributed by atoms with Crippen molar-refractivity contribution in [2.75, 3.05) is 6.54 Å². The Bertz CT molecular complexity index is 904. The van der Waals surface area contributed by atoms with Gasteiger partial charge in [0.25, 0.3) is 5.56 Å². The summed E-state index contributed by atoms with van der Waals surface area (Å²) < 4.78 is 14.2. The van der Waals surface area contributed by atoms with E-state index in [4.69, 9.17) is 0 Å². The number of nitrogens with zero attached hydrogens (tertiary/aromatic N) is 2. The van der Waals surface area contributed by atoms with Crippen molar-refractivity contribution in [1.29, 1.82) is 0 Å². The fourth-order valence-electron chi connectivity index (χ4n) is 3.90. The van der Waals surface area contributed by atoms with Gasteiger partial charge >= 0.3 is 0 Å². The normalized spacial score (nSPS) is 23.3. The van der Waals surface area contributed by atoms with Gasteiger partial charge in [-0.25, -0.2) is 9.07 Å². The molecule has 26 heavy (non-hydrogen) atoms. The Labute approximate surface area is 150 Å². The van der Waals surface area contributed by atoms with E-state index in [1.807, 2.05) is 0 Å². The number of benzene rings is 1. The quantitative estimate of drug-likeness (QED) is 0.840. The topological polar surface area (TPSA) is 64.0 Å². The Hall–Kier alpha value is -2.76. The molecule has 1 N–H and O–H groups in total. The Morgan fingerprint density at radius 3 is 2.65 bits per heavy atom. The van der Waals surface area contributed by atoms with E-state index in [2.05, 4.69) is 22.6 Å². The molecule has 0 aliphatic heterocycles. The number of aromatic nitrogens is 2. The zero-order valence-electron chi connectivity index (χ0n) is 14.3. The number of carbonyl (C=O) groups excluding carboxylic acids is 1. The van der Waals surface area contributed by atoms with Gasteiger partial charge in [0.2, 0.25) is 5.91 Å². The van der Waals surface area contributed by atoms with Gasteiger partial charge in [0, 0.05) is 18.2 Å². The number of nitrogens with one attached hydrogen (secondary N) is 1. The lowest BCUT2D eigenvalue weighted by molar-refractivity contribution is -0.122. The van der Waals surface area contributed by atoms with Crippen LogP contribution in [-0.4, -0.2) is 22.2 Å². The molecule has 4 rings (SSSR count). The average Bonchev–Trinajstić information content (AvgIpc) is 3.26. The van der Waals surface area contributed by atoms with E-state index in [9.17, 15) is 14.0 Å². The van der Waals surface area contributed by atoms with Crippen LogP contribution in [-0.2, 0) is 11.3 Å². The fraction of sp³-hybridized carbons (Fsp3) is 0.350. The maximum atomic E-state index is 13.1. The van der Waals surface area contributed by atoms with Crippen LogP contribution < -0.4 is 10.9 Å². The summed E-state index contributed by atoms with van der Waals surface area (Å²) in [6.07, 6.45) is 6.84. The van der Waals surface area contributed by atoms with Crippen LogP contribution in [0.5, 0.6) is 0 Å². The number of rotatable bonds is 5. The maximum Gasteiger partial charge on any atom is 0.267 e. The molecule has 2 bridgehead atoms. The highest BCUT2D eigenvalue weighted by Gasteiger charge is 2.35. The van der Waals surface area contributed by atoms with Crippen molar-refractivity contribution in [3.8, 4) is 11.3 Å². The zero-order valence-corrected chi connectivity index (χ0v) is 14.3. The summed E-state index contributed by atoms with van der Waals surface area (Å²) in [7, 11) is 0. The molecule has 0 saturated heterocycles. The van der Waals surface area contributed by atoms with Crippen molar-refractivity contribution in [3.63, 3.8) is 0 Å². The van der Waals surface area contributed by atoms with Gasteiger partial charge in [-0.15, -0.1) is 0 Å². The lowest BCUT2D eigenvalue weighted by Gasteiger charge is -2.18. The summed E-state index contributed by atoms with van der Waals surface area (Å²) in [6.45, 7) is 0.515. The van der Waals surface area contributed by atoms with Crippen molar-refractivity contribution >= 4 is 5.91 Å². The molecule has 0 radical (unpaired) electrons. The molecule has 134 valence electrons. The van der Waals surface area contributed by atoms with Gasteiger partial charge in [-0.1, -0.05) is 12.2 Å². The molecule has 1 amide bonds. The van der Waals surface area contributed by atoms with E-state index in [1.165, 1.54) is 24.6 Å². The lowest BCUT2D eigenvalue weighted by atomic mass is 9.94. The monoisotopic (exact) mass is 353 g/mol. The number of amides is 1. The highest BCUT2D eigenvalue weighted by molar-refractivity contribution is 5.75. The lowest BCUT2D eigenvalue weighted by Crippen LogP contribution is -2.36. The first kappa shape index (κ1) is 16.7. The second-order valence-electron chi connectivity index (χ2n) is 7.07. The first-order chi connectivity index (χ1) is 12.6. The van der Waals surface area contributed by atoms with Crippen LogP contribution in [0.1, 0.15) is 12.8 Å². The molecule has 1 saturated carbocycles. The van der Waals surface area contributed by atoms with E-state index < -0.39 is 0 Å². The van der Waals surface area contributed by atoms with Crippen molar-refractivity contribution in [2.24, 2.45) is 17.8 Å². The number of allylic oxidation sites excluding steroid dienone is 2. The second kappa shape index (κ2) is 6.86. The van der Waals surface area contributed by atoms with Gasteiger partial charge in [-0.3, -0.25) is 9.59 Å². The second-order valence-corrected chi connectivity index (χ2v) is 7.07. The highest BCUT2D eigenvalue weighted by atomic mass is 19.1. The highest BCUT2D eigenvalue weighted by Crippen LogP contribution is 2.42. The van der Waals surface area contributed by atoms with E-state index in [0.717, 1.165) is 11.1 Å². The van der Waals surface area contributed by atoms with Crippen LogP contribution >= 0.6 is 0 Å². The molecule has 2 aliphatic carbocycles. The number of halogens is 1. The minimum atomic E-state index is -0.339. The summed E-state index contributed by atoms with van der Waals surface area (Å²) in [5, 5.41) is 7.17. The molecular weight excluding hydrogens is 333 g/mol. The Morgan fingerprint density at radius 2 is 1.96 bits per heavy atom. The van der Waals surface area contributed by atoms with E-state index in [0.29, 0.717) is 35.6 Å². The first-order valence-corrected chi connectivity index (χ1v) is 8.87. The predicted octanol–water partition coefficient (Wildman–Crippen LogP) is 2.38. The smallest absolute Gasteiger partial charge is 0.267 e. The van der Waals surface area contributed by atoms with Crippen LogP contribution in [0.3, 0.4) is 0 Å². The van der Waals surface area contributed by atoms with Crippen LogP contribution in [0, 0.1) is 23.6 Å². The van der Waals surface area contributed by atoms with Crippen molar-refractivity contribution in [3.05, 3.63) is 64.7 Å². The minimum absolute atomic E-state index is 0.121. The largest absolute Gasteiger partial charge is 0.354 e. The Morgan fingerprint density at radius 1 is 1.15 bits per heavy atom. The zero-order chi connectivity index (χ0) is 18.1. The van der Waals surface area contributed by atoms with Crippen molar-refractivity contribution in [1.82, 2.24) is 15.1 Å². The molecule has 2 aliphatic rings. The van der Waals surface area contributed by atoms with Gasteiger partial charge in [0.05, 0.1) is 5.69 Å². The average molecular weight is 353 g/mol. The van der Waals surface area contributed by atoms with Crippen LogP contribution in [0.4, 0.5) is 4.39 Å². The van der Waals surface area contributed by atoms with Gasteiger partial charge in [-0.2, -0.15) is 5.10 Å². The molecule has 1 heterocycles. The molecule has 5 nitrogen and oxygen atoms in total. The molecule has 1 fully saturated rings. The van der Waals surface area contributed by atoms with Crippen molar-refractivity contribution in [2.45, 2.75) is 19.4 Å². The molecule has 1 aromatic carbocycles. The number of fused-ring (bicyclic) bond motifs is 2. The van der Waals surface area contributed by atoms with Gasteiger partial charge in [0.15, 0.2) is 0 Å². The van der Waals surface area contributed by atoms with Gasteiger partial charge in [-0.05, 0) is 60.9 Å². The standard InChI is InChI=1S/C20H20FN3O2/c21-17-5-3-14(4-6-17)18-7-8-20(26)24(23-18)12-19(25)22-11-16-10-13-1-2-15(16)9-13/h1-8,13,15-16H,9-12H2,(H,22,25). The molecule has 3 atom stereocenters. The van der Waals surface area contributed by atoms with Gasteiger partial charge in [0.1, 0.15) is 12.4 Å². The summed E-state index contributed by atoms with van der Waals surface area (Å²) in [5.41, 5.74) is 0.874. The number of carbonyl (C=O) groups is 1. The third-order valence-corrected chi connectivity index (χ3v) is 5.28. The molecule has 2 aromatic rings. The van der Waals surface area contributed by atoms with Gasteiger partial charge < -0.3 is 5.32 Å². The maximum absolute atomic E-state index is 13.1. The number of hydrogen-bond donors (Lipinski definition) is 1. The SMILES string of the molecule is O=C(Cn1nc(-c2ccc(F)cc2)ccc1=O)NCC1CC2C=CC1C2. The molecule has 1 aromatic heterocycles. The molecule has 3 unspecified atom stereocenters. The number of hydrogen-bond acceptors (Lipinski definition) is 3. The first-order valence-electron chi connectivity index (χ1n) is 8.87. The fourth-order valence-corrected chi connectivity index (χ4v) is 3.90. The van der Waals surface area contributed by atoms with Crippen molar-refractivity contribution < 1.29 is 9.18 Å². The summed E-state index contributed by atoms with van der Waals surface area (Å²) in [5.74, 6) is 1.17.